The van der Waals surface area contributed by atoms with Crippen LogP contribution in [0.15, 0.2) is 47.4 Å². The van der Waals surface area contributed by atoms with Crippen LogP contribution in [-0.2, 0) is 17.6 Å². The Morgan fingerprint density at radius 2 is 1.57 bits per heavy atom. The molecular weight excluding hydrogens is 480 g/mol. The molecule has 37 heavy (non-hydrogen) atoms. The van der Waals surface area contributed by atoms with Gasteiger partial charge in [0.1, 0.15) is 0 Å². The third-order valence-corrected chi connectivity index (χ3v) is 6.58. The summed E-state index contributed by atoms with van der Waals surface area (Å²) in [5.74, 6) is -0.339. The minimum atomic E-state index is -0.833. The van der Waals surface area contributed by atoms with Crippen molar-refractivity contribution in [3.8, 4) is 0 Å². The first-order valence-electron chi connectivity index (χ1n) is 13.8. The summed E-state index contributed by atoms with van der Waals surface area (Å²) in [4.78, 5) is 25.6. The molecule has 3 rings (SSSR count). The molecule has 2 aromatic rings. The van der Waals surface area contributed by atoms with Crippen LogP contribution in [0, 0.1) is 0 Å². The molecule has 5 nitrogen and oxygen atoms in total. The predicted octanol–water partition coefficient (Wildman–Crippen LogP) is 8.87. The molecule has 1 atom stereocenters. The Bertz CT molecular complexity index is 909. The predicted molar refractivity (Wildman–Crippen MR) is 161 cm³/mol. The Hall–Kier alpha value is -2.47. The van der Waals surface area contributed by atoms with Crippen molar-refractivity contribution in [3.63, 3.8) is 0 Å². The van der Waals surface area contributed by atoms with Crippen LogP contribution in [0.25, 0.3) is 0 Å². The number of hydrogen-bond acceptors (Lipinski definition) is 3. The van der Waals surface area contributed by atoms with Gasteiger partial charge in [0.05, 0.1) is 0 Å². The highest BCUT2D eigenvalue weighted by atomic mass is 32.2. The Labute approximate surface area is 230 Å². The van der Waals surface area contributed by atoms with Gasteiger partial charge in [-0.25, -0.2) is 4.79 Å². The zero-order valence-electron chi connectivity index (χ0n) is 24.6. The molecule has 0 heterocycles. The number of carbonyl (C=O) groups excluding carboxylic acids is 1. The van der Waals surface area contributed by atoms with E-state index in [0.29, 0.717) is 5.92 Å². The lowest BCUT2D eigenvalue weighted by Crippen LogP contribution is -2.44. The van der Waals surface area contributed by atoms with Crippen LogP contribution in [-0.4, -0.2) is 40.8 Å². The number of fused-ring (bicyclic) bond motifs is 1. The number of carboxylic acid groups (broad SMARTS) is 1. The highest BCUT2D eigenvalue weighted by Gasteiger charge is 2.30. The van der Waals surface area contributed by atoms with E-state index in [1.54, 1.807) is 11.8 Å². The summed E-state index contributed by atoms with van der Waals surface area (Å²) in [6, 6.07) is 15.3. The Kier molecular flexibility index (Phi) is 18.3. The SMILES string of the molecule is CC.CC.CC(=O)O.CCCCCN(C(=O)Nc1ccc(C(C)C)cc1)C1Cc2ccc(SC)cc2C1. The topological polar surface area (TPSA) is 69.6 Å². The van der Waals surface area contributed by atoms with E-state index in [0.717, 1.165) is 51.3 Å². The maximum atomic E-state index is 13.2. The minimum Gasteiger partial charge on any atom is -0.481 e. The highest BCUT2D eigenvalue weighted by Crippen LogP contribution is 2.30. The van der Waals surface area contributed by atoms with E-state index in [4.69, 9.17) is 9.90 Å². The number of aliphatic carboxylic acids is 1. The first-order valence-corrected chi connectivity index (χ1v) is 15.0. The molecular formula is C31H50N2O3S. The second-order valence-electron chi connectivity index (χ2n) is 8.82. The molecule has 1 aliphatic carbocycles. The molecule has 2 N–H and O–H groups in total. The molecule has 0 bridgehead atoms. The van der Waals surface area contributed by atoms with Gasteiger partial charge in [0.2, 0.25) is 0 Å². The summed E-state index contributed by atoms with van der Waals surface area (Å²) in [7, 11) is 0. The van der Waals surface area contributed by atoms with Gasteiger partial charge in [-0.15, -0.1) is 11.8 Å². The number of nitrogens with one attached hydrogen (secondary N) is 1. The lowest BCUT2D eigenvalue weighted by Gasteiger charge is -2.29. The maximum Gasteiger partial charge on any atom is 0.322 e. The van der Waals surface area contributed by atoms with Crippen LogP contribution in [0.5, 0.6) is 0 Å². The van der Waals surface area contributed by atoms with Gasteiger partial charge in [-0.2, -0.15) is 0 Å². The minimum absolute atomic E-state index is 0.0290. The summed E-state index contributed by atoms with van der Waals surface area (Å²) < 4.78 is 0. The van der Waals surface area contributed by atoms with Gasteiger partial charge < -0.3 is 15.3 Å². The molecule has 0 saturated carbocycles. The molecule has 0 aliphatic heterocycles. The highest BCUT2D eigenvalue weighted by molar-refractivity contribution is 7.98. The second kappa shape index (κ2) is 19.6. The number of urea groups is 1. The lowest BCUT2D eigenvalue weighted by atomic mass is 10.0. The zero-order valence-corrected chi connectivity index (χ0v) is 25.4. The molecule has 0 aromatic heterocycles. The number of carbonyl (C=O) groups is 2. The summed E-state index contributed by atoms with van der Waals surface area (Å²) >= 11 is 1.78. The van der Waals surface area contributed by atoms with Crippen molar-refractivity contribution in [3.05, 3.63) is 59.2 Å². The standard InChI is InChI=1S/C25H34N2OS.C2H4O2.2C2H6/c1-5-6-7-14-27(23-15-20-10-13-24(29-4)17-21(20)16-23)25(28)26-22-11-8-19(9-12-22)18(2)3;1-2(3)4;2*1-2/h8-13,17-18,23H,5-7,14-16H2,1-4H3,(H,26,28);1H3,(H,3,4);2*1-2H3. The van der Waals surface area contributed by atoms with Crippen molar-refractivity contribution in [1.82, 2.24) is 4.90 Å². The molecule has 0 saturated heterocycles. The molecule has 2 amide bonds. The maximum absolute atomic E-state index is 13.2. The van der Waals surface area contributed by atoms with Crippen LogP contribution in [0.4, 0.5) is 10.5 Å². The number of thioether (sulfide) groups is 1. The van der Waals surface area contributed by atoms with Crippen molar-refractivity contribution < 1.29 is 14.7 Å². The van der Waals surface area contributed by atoms with E-state index in [1.807, 2.05) is 39.8 Å². The second-order valence-corrected chi connectivity index (χ2v) is 9.70. The van der Waals surface area contributed by atoms with Gasteiger partial charge in [-0.3, -0.25) is 4.79 Å². The number of hydrogen-bond donors (Lipinski definition) is 2. The fourth-order valence-electron chi connectivity index (χ4n) is 4.05. The van der Waals surface area contributed by atoms with Gasteiger partial charge in [0, 0.05) is 30.1 Å². The average Bonchev–Trinajstić information content (AvgIpc) is 3.31. The van der Waals surface area contributed by atoms with Gasteiger partial charge in [0.25, 0.3) is 5.97 Å². The fourth-order valence-corrected chi connectivity index (χ4v) is 4.51. The Balaban J connectivity index is 0.00000145. The van der Waals surface area contributed by atoms with Crippen LogP contribution in [0.1, 0.15) is 97.3 Å². The number of benzene rings is 2. The Morgan fingerprint density at radius 3 is 2.08 bits per heavy atom. The number of unbranched alkanes of at least 4 members (excludes halogenated alkanes) is 2. The average molecular weight is 531 g/mol. The summed E-state index contributed by atoms with van der Waals surface area (Å²) in [6.45, 7) is 16.5. The zero-order chi connectivity index (χ0) is 28.4. The number of amides is 2. The third-order valence-electron chi connectivity index (χ3n) is 5.86. The number of carboxylic acids is 1. The van der Waals surface area contributed by atoms with E-state index >= 15 is 0 Å². The Morgan fingerprint density at radius 1 is 1.00 bits per heavy atom. The van der Waals surface area contributed by atoms with E-state index in [1.165, 1.54) is 21.6 Å². The molecule has 2 aromatic carbocycles. The first kappa shape index (κ1) is 34.5. The van der Waals surface area contributed by atoms with Crippen molar-refractivity contribution in [2.45, 2.75) is 104 Å². The van der Waals surface area contributed by atoms with E-state index in [9.17, 15) is 4.79 Å². The number of anilines is 1. The van der Waals surface area contributed by atoms with E-state index in [-0.39, 0.29) is 12.1 Å². The largest absolute Gasteiger partial charge is 0.481 e. The molecule has 208 valence electrons. The smallest absolute Gasteiger partial charge is 0.322 e. The molecule has 0 fully saturated rings. The molecule has 0 radical (unpaired) electrons. The van der Waals surface area contributed by atoms with Crippen LogP contribution >= 0.6 is 11.8 Å². The van der Waals surface area contributed by atoms with Crippen LogP contribution in [0.2, 0.25) is 0 Å². The molecule has 6 heteroatoms. The van der Waals surface area contributed by atoms with Gasteiger partial charge in [-0.1, -0.05) is 79.5 Å². The number of rotatable bonds is 8. The molecule has 1 aliphatic rings. The van der Waals surface area contributed by atoms with Crippen molar-refractivity contribution >= 4 is 29.4 Å². The summed E-state index contributed by atoms with van der Waals surface area (Å²) in [5.41, 5.74) is 4.96. The normalized spacial score (nSPS) is 13.1. The van der Waals surface area contributed by atoms with Gasteiger partial charge >= 0.3 is 6.03 Å². The lowest BCUT2D eigenvalue weighted by molar-refractivity contribution is -0.134. The first-order chi connectivity index (χ1) is 17.7. The monoisotopic (exact) mass is 530 g/mol. The van der Waals surface area contributed by atoms with E-state index < -0.39 is 5.97 Å². The molecule has 0 spiro atoms. The third kappa shape index (κ3) is 12.6. The van der Waals surface area contributed by atoms with Crippen molar-refractivity contribution in [2.24, 2.45) is 0 Å². The van der Waals surface area contributed by atoms with Crippen molar-refractivity contribution in [1.29, 1.82) is 0 Å². The van der Waals surface area contributed by atoms with Crippen LogP contribution < -0.4 is 5.32 Å². The number of nitrogens with zero attached hydrogens (tertiary/aromatic N) is 1. The van der Waals surface area contributed by atoms with Crippen LogP contribution in [0.3, 0.4) is 0 Å². The van der Waals surface area contributed by atoms with E-state index in [2.05, 4.69) is 67.6 Å². The van der Waals surface area contributed by atoms with Crippen molar-refractivity contribution in [2.75, 3.05) is 18.1 Å². The van der Waals surface area contributed by atoms with Gasteiger partial charge in [0.15, 0.2) is 0 Å². The molecule has 1 unspecified atom stereocenters. The summed E-state index contributed by atoms with van der Waals surface area (Å²) in [6.07, 6.45) is 7.39. The summed E-state index contributed by atoms with van der Waals surface area (Å²) in [5, 5.41) is 10.6. The quantitative estimate of drug-likeness (QED) is 0.264. The fraction of sp³-hybridized carbons (Fsp3) is 0.548. The van der Waals surface area contributed by atoms with Gasteiger partial charge in [-0.05, 0) is 72.4 Å².